The van der Waals surface area contributed by atoms with Crippen LogP contribution in [0.1, 0.15) is 26.2 Å². The summed E-state index contributed by atoms with van der Waals surface area (Å²) in [6.07, 6.45) is 5.15. The van der Waals surface area contributed by atoms with E-state index in [1.807, 2.05) is 0 Å². The van der Waals surface area contributed by atoms with Gasteiger partial charge in [-0.25, -0.2) is 9.97 Å². The van der Waals surface area contributed by atoms with Crippen LogP contribution in [0.3, 0.4) is 0 Å². The third-order valence-corrected chi connectivity index (χ3v) is 1.80. The molecule has 5 heteroatoms. The van der Waals surface area contributed by atoms with E-state index in [0.717, 1.165) is 12.8 Å². The number of aliphatic hydroxyl groups is 1. The zero-order chi connectivity index (χ0) is 10.4. The molecule has 0 aliphatic carbocycles. The summed E-state index contributed by atoms with van der Waals surface area (Å²) in [5.41, 5.74) is 5.93. The summed E-state index contributed by atoms with van der Waals surface area (Å²) in [5, 5.41) is 12.3. The second kappa shape index (κ2) is 5.39. The lowest BCUT2D eigenvalue weighted by Crippen LogP contribution is -2.19. The number of hydrogen-bond acceptors (Lipinski definition) is 5. The number of aromatic nitrogens is 2. The van der Waals surface area contributed by atoms with Gasteiger partial charge in [-0.3, -0.25) is 0 Å². The molecule has 0 bridgehead atoms. The third kappa shape index (κ3) is 3.57. The first-order valence-corrected chi connectivity index (χ1v) is 4.74. The normalized spacial score (nSPS) is 12.4. The zero-order valence-electron chi connectivity index (χ0n) is 8.27. The van der Waals surface area contributed by atoms with E-state index in [-0.39, 0.29) is 0 Å². The van der Waals surface area contributed by atoms with Crippen molar-refractivity contribution < 1.29 is 5.11 Å². The number of nitrogens with one attached hydrogen (secondary N) is 1. The minimum Gasteiger partial charge on any atom is -0.396 e. The van der Waals surface area contributed by atoms with Crippen LogP contribution in [0.25, 0.3) is 0 Å². The fourth-order valence-electron chi connectivity index (χ4n) is 1.03. The molecule has 5 nitrogen and oxygen atoms in total. The molecule has 0 aromatic carbocycles. The monoisotopic (exact) mass is 196 g/mol. The molecule has 14 heavy (non-hydrogen) atoms. The molecule has 0 amide bonds. The summed E-state index contributed by atoms with van der Waals surface area (Å²) in [5.74, 6) is 0.405. The van der Waals surface area contributed by atoms with Crippen molar-refractivity contribution in [2.24, 2.45) is 0 Å². The molecule has 0 aliphatic heterocycles. The minimum absolute atomic E-state index is 0.405. The van der Waals surface area contributed by atoms with Gasteiger partial charge in [-0.1, -0.05) is 13.3 Å². The fourth-order valence-corrected chi connectivity index (χ4v) is 1.03. The second-order valence-corrected chi connectivity index (χ2v) is 3.14. The molecular weight excluding hydrogens is 180 g/mol. The number of anilines is 2. The number of hydrogen-bond donors (Lipinski definition) is 3. The summed E-state index contributed by atoms with van der Waals surface area (Å²) in [4.78, 5) is 7.84. The molecule has 0 radical (unpaired) electrons. The smallest absolute Gasteiger partial charge is 0.224 e. The lowest BCUT2D eigenvalue weighted by molar-refractivity contribution is 0.189. The first-order chi connectivity index (χ1) is 6.72. The van der Waals surface area contributed by atoms with E-state index in [2.05, 4.69) is 22.2 Å². The number of nitrogens with zero attached hydrogens (tertiary/aromatic N) is 2. The summed E-state index contributed by atoms with van der Waals surface area (Å²) < 4.78 is 0. The first kappa shape index (κ1) is 10.7. The van der Waals surface area contributed by atoms with Crippen LogP contribution in [-0.2, 0) is 0 Å². The topological polar surface area (TPSA) is 84.1 Å². The molecular formula is C9H16N4O. The van der Waals surface area contributed by atoms with E-state index >= 15 is 0 Å². The average Bonchev–Trinajstić information content (AvgIpc) is 2.18. The van der Waals surface area contributed by atoms with Crippen LogP contribution in [0.4, 0.5) is 11.6 Å². The number of nitrogen functional groups attached to an aromatic ring is 1. The highest BCUT2D eigenvalue weighted by Gasteiger charge is 2.03. The Balaban J connectivity index is 2.39. The van der Waals surface area contributed by atoms with E-state index in [9.17, 15) is 5.11 Å². The van der Waals surface area contributed by atoms with Gasteiger partial charge in [0.05, 0.1) is 18.1 Å². The van der Waals surface area contributed by atoms with Crippen LogP contribution in [0.2, 0.25) is 0 Å². The largest absolute Gasteiger partial charge is 0.396 e. The van der Waals surface area contributed by atoms with Crippen molar-refractivity contribution in [3.63, 3.8) is 0 Å². The maximum absolute atomic E-state index is 9.48. The third-order valence-electron chi connectivity index (χ3n) is 1.80. The van der Waals surface area contributed by atoms with Crippen LogP contribution in [0.5, 0.6) is 0 Å². The predicted molar refractivity (Wildman–Crippen MR) is 55.6 cm³/mol. The molecule has 1 rings (SSSR count). The molecule has 1 aromatic rings. The van der Waals surface area contributed by atoms with Crippen LogP contribution in [-0.4, -0.2) is 21.3 Å². The average molecular weight is 196 g/mol. The molecule has 0 saturated carbocycles. The minimum atomic E-state index is -0.585. The van der Waals surface area contributed by atoms with E-state index in [1.54, 1.807) is 0 Å². The van der Waals surface area contributed by atoms with E-state index in [4.69, 9.17) is 5.73 Å². The van der Waals surface area contributed by atoms with Crippen molar-refractivity contribution in [3.05, 3.63) is 12.4 Å². The van der Waals surface area contributed by atoms with Crippen molar-refractivity contribution in [2.75, 3.05) is 11.1 Å². The van der Waals surface area contributed by atoms with Crippen LogP contribution >= 0.6 is 0 Å². The molecule has 1 unspecified atom stereocenters. The maximum Gasteiger partial charge on any atom is 0.224 e. The molecule has 0 saturated heterocycles. The lowest BCUT2D eigenvalue weighted by atomic mass is 10.2. The van der Waals surface area contributed by atoms with Gasteiger partial charge in [-0.15, -0.1) is 0 Å². The first-order valence-electron chi connectivity index (χ1n) is 4.74. The Bertz CT molecular complexity index is 262. The van der Waals surface area contributed by atoms with E-state index < -0.39 is 6.23 Å². The quantitative estimate of drug-likeness (QED) is 0.611. The van der Waals surface area contributed by atoms with Crippen molar-refractivity contribution in [3.8, 4) is 0 Å². The molecule has 4 N–H and O–H groups in total. The number of unbranched alkanes of at least 4 members (excludes halogenated alkanes) is 1. The zero-order valence-corrected chi connectivity index (χ0v) is 8.27. The van der Waals surface area contributed by atoms with Gasteiger partial charge < -0.3 is 16.2 Å². The number of rotatable bonds is 5. The van der Waals surface area contributed by atoms with Gasteiger partial charge in [0.25, 0.3) is 0 Å². The predicted octanol–water partition coefficient (Wildman–Crippen LogP) is 0.979. The number of aliphatic hydroxyl groups excluding tert-OH is 1. The molecule has 1 heterocycles. The highest BCUT2D eigenvalue weighted by molar-refractivity contribution is 5.35. The maximum atomic E-state index is 9.48. The SMILES string of the molecule is CCCCC(O)Nc1ncc(N)cn1. The molecule has 78 valence electrons. The van der Waals surface area contributed by atoms with E-state index in [0.29, 0.717) is 18.1 Å². The Morgan fingerprint density at radius 2 is 2.14 bits per heavy atom. The highest BCUT2D eigenvalue weighted by atomic mass is 16.3. The fraction of sp³-hybridized carbons (Fsp3) is 0.556. The highest BCUT2D eigenvalue weighted by Crippen LogP contribution is 2.05. The Hall–Kier alpha value is -1.36. The van der Waals surface area contributed by atoms with Crippen molar-refractivity contribution in [1.29, 1.82) is 0 Å². The molecule has 0 fully saturated rings. The second-order valence-electron chi connectivity index (χ2n) is 3.14. The van der Waals surface area contributed by atoms with Gasteiger partial charge in [0.2, 0.25) is 5.95 Å². The standard InChI is InChI=1S/C9H16N4O/c1-2-3-4-8(14)13-9-11-5-7(10)6-12-9/h5-6,8,14H,2-4,10H2,1H3,(H,11,12,13). The van der Waals surface area contributed by atoms with Gasteiger partial charge in [-0.05, 0) is 12.8 Å². The molecule has 0 spiro atoms. The Kier molecular flexibility index (Phi) is 4.12. The Morgan fingerprint density at radius 3 is 2.71 bits per heavy atom. The van der Waals surface area contributed by atoms with Crippen molar-refractivity contribution in [2.45, 2.75) is 32.4 Å². The molecule has 1 atom stereocenters. The summed E-state index contributed by atoms with van der Waals surface area (Å²) in [6, 6.07) is 0. The van der Waals surface area contributed by atoms with Crippen molar-refractivity contribution in [1.82, 2.24) is 9.97 Å². The van der Waals surface area contributed by atoms with Gasteiger partial charge in [0.15, 0.2) is 0 Å². The molecule has 1 aromatic heterocycles. The number of nitrogens with two attached hydrogens (primary N) is 1. The van der Waals surface area contributed by atoms with Crippen LogP contribution in [0, 0.1) is 0 Å². The van der Waals surface area contributed by atoms with Gasteiger partial charge in [0, 0.05) is 0 Å². The van der Waals surface area contributed by atoms with Gasteiger partial charge in [-0.2, -0.15) is 0 Å². The summed E-state index contributed by atoms with van der Waals surface area (Å²) in [7, 11) is 0. The Labute approximate surface area is 83.4 Å². The van der Waals surface area contributed by atoms with Crippen molar-refractivity contribution >= 4 is 11.6 Å². The molecule has 0 aliphatic rings. The van der Waals surface area contributed by atoms with Gasteiger partial charge >= 0.3 is 0 Å². The van der Waals surface area contributed by atoms with Gasteiger partial charge in [0.1, 0.15) is 6.23 Å². The van der Waals surface area contributed by atoms with Crippen LogP contribution in [0.15, 0.2) is 12.4 Å². The summed E-state index contributed by atoms with van der Waals surface area (Å²) >= 11 is 0. The van der Waals surface area contributed by atoms with Crippen LogP contribution < -0.4 is 11.1 Å². The lowest BCUT2D eigenvalue weighted by Gasteiger charge is -2.11. The Morgan fingerprint density at radius 1 is 1.50 bits per heavy atom. The van der Waals surface area contributed by atoms with E-state index in [1.165, 1.54) is 12.4 Å². The summed E-state index contributed by atoms with van der Waals surface area (Å²) in [6.45, 7) is 2.08.